The second kappa shape index (κ2) is 5.63. The molecule has 3 rings (SSSR count). The van der Waals surface area contributed by atoms with Crippen LogP contribution in [0, 0.1) is 0 Å². The molecule has 1 aromatic heterocycles. The van der Waals surface area contributed by atoms with Crippen LogP contribution in [0.15, 0.2) is 60.9 Å². The summed E-state index contributed by atoms with van der Waals surface area (Å²) >= 11 is 0. The number of pyridine rings is 1. The van der Waals surface area contributed by atoms with Crippen molar-refractivity contribution in [3.63, 3.8) is 0 Å². The Labute approximate surface area is 122 Å². The van der Waals surface area contributed by atoms with Crippen LogP contribution in [0.4, 0.5) is 5.69 Å². The molecule has 0 saturated heterocycles. The fraction of sp³-hybridized carbons (Fsp3) is 0.0588. The second-order valence-electron chi connectivity index (χ2n) is 4.59. The number of anilines is 1. The van der Waals surface area contributed by atoms with Crippen LogP contribution >= 0.6 is 0 Å². The Hall–Kier alpha value is -2.88. The van der Waals surface area contributed by atoms with Gasteiger partial charge in [-0.15, -0.1) is 0 Å². The Morgan fingerprint density at radius 1 is 1.10 bits per heavy atom. The first kappa shape index (κ1) is 13.1. The SMILES string of the molecule is COc1ccc(C(=O)Nc2cccc3ccncc23)cc1. The van der Waals surface area contributed by atoms with Crippen molar-refractivity contribution >= 4 is 22.4 Å². The zero-order chi connectivity index (χ0) is 14.7. The van der Waals surface area contributed by atoms with Crippen LogP contribution in [0.1, 0.15) is 10.4 Å². The number of benzene rings is 2. The molecular weight excluding hydrogens is 264 g/mol. The topological polar surface area (TPSA) is 51.2 Å². The lowest BCUT2D eigenvalue weighted by Gasteiger charge is -2.08. The Morgan fingerprint density at radius 2 is 1.90 bits per heavy atom. The van der Waals surface area contributed by atoms with E-state index in [0.717, 1.165) is 22.2 Å². The normalized spacial score (nSPS) is 10.3. The zero-order valence-electron chi connectivity index (χ0n) is 11.5. The summed E-state index contributed by atoms with van der Waals surface area (Å²) in [5, 5.41) is 4.88. The number of ether oxygens (including phenoxy) is 1. The minimum atomic E-state index is -0.158. The highest BCUT2D eigenvalue weighted by Gasteiger charge is 2.08. The average molecular weight is 278 g/mol. The highest BCUT2D eigenvalue weighted by Crippen LogP contribution is 2.23. The molecule has 0 aliphatic carbocycles. The number of fused-ring (bicyclic) bond motifs is 1. The van der Waals surface area contributed by atoms with Gasteiger partial charge in [-0.2, -0.15) is 0 Å². The van der Waals surface area contributed by atoms with E-state index >= 15 is 0 Å². The Kier molecular flexibility index (Phi) is 3.51. The number of rotatable bonds is 3. The number of aromatic nitrogens is 1. The van der Waals surface area contributed by atoms with Crippen molar-refractivity contribution in [2.45, 2.75) is 0 Å². The van der Waals surface area contributed by atoms with Gasteiger partial charge in [0, 0.05) is 23.3 Å². The largest absolute Gasteiger partial charge is 0.497 e. The summed E-state index contributed by atoms with van der Waals surface area (Å²) in [5.74, 6) is 0.565. The van der Waals surface area contributed by atoms with Gasteiger partial charge < -0.3 is 10.1 Å². The Morgan fingerprint density at radius 3 is 2.67 bits per heavy atom. The molecule has 0 saturated carbocycles. The van der Waals surface area contributed by atoms with Gasteiger partial charge in [0.25, 0.3) is 5.91 Å². The molecule has 3 aromatic rings. The minimum absolute atomic E-state index is 0.158. The molecule has 2 aromatic carbocycles. The van der Waals surface area contributed by atoms with E-state index in [0.29, 0.717) is 5.56 Å². The number of amides is 1. The van der Waals surface area contributed by atoms with Crippen molar-refractivity contribution in [2.24, 2.45) is 0 Å². The number of nitrogens with one attached hydrogen (secondary N) is 1. The summed E-state index contributed by atoms with van der Waals surface area (Å²) in [6.45, 7) is 0. The molecule has 0 spiro atoms. The maximum Gasteiger partial charge on any atom is 0.255 e. The molecule has 1 heterocycles. The monoisotopic (exact) mass is 278 g/mol. The van der Waals surface area contributed by atoms with Crippen LogP contribution in [0.3, 0.4) is 0 Å². The molecule has 0 bridgehead atoms. The second-order valence-corrected chi connectivity index (χ2v) is 4.59. The quantitative estimate of drug-likeness (QED) is 0.797. The Bertz CT molecular complexity index is 777. The first-order chi connectivity index (χ1) is 10.3. The average Bonchev–Trinajstić information content (AvgIpc) is 2.55. The van der Waals surface area contributed by atoms with Crippen molar-refractivity contribution in [1.29, 1.82) is 0 Å². The molecule has 4 heteroatoms. The zero-order valence-corrected chi connectivity index (χ0v) is 11.5. The lowest BCUT2D eigenvalue weighted by atomic mass is 10.1. The van der Waals surface area contributed by atoms with Gasteiger partial charge >= 0.3 is 0 Å². The fourth-order valence-electron chi connectivity index (χ4n) is 2.16. The molecule has 21 heavy (non-hydrogen) atoms. The third kappa shape index (κ3) is 2.69. The van der Waals surface area contributed by atoms with E-state index in [-0.39, 0.29) is 5.91 Å². The van der Waals surface area contributed by atoms with Crippen molar-refractivity contribution < 1.29 is 9.53 Å². The van der Waals surface area contributed by atoms with Gasteiger partial charge in [-0.1, -0.05) is 12.1 Å². The summed E-state index contributed by atoms with van der Waals surface area (Å²) in [6, 6.07) is 14.7. The number of nitrogens with zero attached hydrogens (tertiary/aromatic N) is 1. The third-order valence-corrected chi connectivity index (χ3v) is 3.28. The smallest absolute Gasteiger partial charge is 0.255 e. The molecule has 0 radical (unpaired) electrons. The number of carbonyl (C=O) groups excluding carboxylic acids is 1. The van der Waals surface area contributed by atoms with Crippen LogP contribution in [0.25, 0.3) is 10.8 Å². The van der Waals surface area contributed by atoms with Gasteiger partial charge in [-0.25, -0.2) is 0 Å². The van der Waals surface area contributed by atoms with Gasteiger partial charge in [0.2, 0.25) is 0 Å². The number of carbonyl (C=O) groups is 1. The number of methoxy groups -OCH3 is 1. The molecular formula is C17H14N2O2. The van der Waals surface area contributed by atoms with Gasteiger partial charge in [0.1, 0.15) is 5.75 Å². The lowest BCUT2D eigenvalue weighted by Crippen LogP contribution is -2.12. The predicted octanol–water partition coefficient (Wildman–Crippen LogP) is 3.50. The van der Waals surface area contributed by atoms with Crippen LogP contribution in [0.2, 0.25) is 0 Å². The maximum atomic E-state index is 12.3. The van der Waals surface area contributed by atoms with E-state index in [1.807, 2.05) is 24.3 Å². The summed E-state index contributed by atoms with van der Waals surface area (Å²) < 4.78 is 5.08. The van der Waals surface area contributed by atoms with Crippen LogP contribution < -0.4 is 10.1 Å². The molecule has 0 unspecified atom stereocenters. The third-order valence-electron chi connectivity index (χ3n) is 3.28. The number of hydrogen-bond donors (Lipinski definition) is 1. The van der Waals surface area contributed by atoms with E-state index in [1.165, 1.54) is 0 Å². The number of hydrogen-bond acceptors (Lipinski definition) is 3. The van der Waals surface area contributed by atoms with E-state index in [9.17, 15) is 4.79 Å². The first-order valence-corrected chi connectivity index (χ1v) is 6.56. The van der Waals surface area contributed by atoms with Crippen molar-refractivity contribution in [3.8, 4) is 5.75 Å². The van der Waals surface area contributed by atoms with Gasteiger partial charge in [-0.05, 0) is 41.8 Å². The summed E-state index contributed by atoms with van der Waals surface area (Å²) in [4.78, 5) is 16.4. The van der Waals surface area contributed by atoms with Crippen LogP contribution in [0.5, 0.6) is 5.75 Å². The fourth-order valence-corrected chi connectivity index (χ4v) is 2.16. The molecule has 0 aliphatic rings. The molecule has 0 fully saturated rings. The van der Waals surface area contributed by atoms with E-state index < -0.39 is 0 Å². The summed E-state index contributed by atoms with van der Waals surface area (Å²) in [6.07, 6.45) is 3.48. The molecule has 0 aliphatic heterocycles. The summed E-state index contributed by atoms with van der Waals surface area (Å²) in [5.41, 5.74) is 1.33. The van der Waals surface area contributed by atoms with Crippen LogP contribution in [-0.2, 0) is 0 Å². The van der Waals surface area contributed by atoms with Gasteiger partial charge in [0.05, 0.1) is 12.8 Å². The maximum absolute atomic E-state index is 12.3. The molecule has 1 N–H and O–H groups in total. The van der Waals surface area contributed by atoms with Gasteiger partial charge in [0.15, 0.2) is 0 Å². The predicted molar refractivity (Wildman–Crippen MR) is 82.7 cm³/mol. The molecule has 0 atom stereocenters. The molecule has 1 amide bonds. The minimum Gasteiger partial charge on any atom is -0.497 e. The lowest BCUT2D eigenvalue weighted by molar-refractivity contribution is 0.102. The molecule has 104 valence electrons. The van der Waals surface area contributed by atoms with E-state index in [4.69, 9.17) is 4.74 Å². The molecule has 4 nitrogen and oxygen atoms in total. The Balaban J connectivity index is 1.89. The standard InChI is InChI=1S/C17H14N2O2/c1-21-14-7-5-13(6-8-14)17(20)19-16-4-2-3-12-9-10-18-11-15(12)16/h2-11H,1H3,(H,19,20). The van der Waals surface area contributed by atoms with Crippen molar-refractivity contribution in [2.75, 3.05) is 12.4 Å². The summed E-state index contributed by atoms with van der Waals surface area (Å²) in [7, 11) is 1.60. The highest BCUT2D eigenvalue weighted by molar-refractivity contribution is 6.09. The van der Waals surface area contributed by atoms with Crippen molar-refractivity contribution in [1.82, 2.24) is 4.98 Å². The first-order valence-electron chi connectivity index (χ1n) is 6.56. The van der Waals surface area contributed by atoms with Crippen LogP contribution in [-0.4, -0.2) is 18.0 Å². The van der Waals surface area contributed by atoms with Gasteiger partial charge in [-0.3, -0.25) is 9.78 Å². The van der Waals surface area contributed by atoms with E-state index in [2.05, 4.69) is 10.3 Å². The van der Waals surface area contributed by atoms with E-state index in [1.54, 1.807) is 43.8 Å². The highest BCUT2D eigenvalue weighted by atomic mass is 16.5. The van der Waals surface area contributed by atoms with Crippen molar-refractivity contribution in [3.05, 3.63) is 66.5 Å².